The van der Waals surface area contributed by atoms with Gasteiger partial charge in [0.25, 0.3) is 5.91 Å². The molecule has 0 aromatic heterocycles. The standard InChI is InChI=1S/C28H27N3O5/c1-18-8-7-11-23(27(18)29-19(2)32)28(34)36-17-26(33)31-25(21-12-14-22(35-3)15-13-21)16-24(30-31)20-9-5-4-6-10-20/h4-15,25H,16-17H2,1-3H3,(H,29,32). The summed E-state index contributed by atoms with van der Waals surface area (Å²) in [5.74, 6) is -0.760. The van der Waals surface area contributed by atoms with Crippen molar-refractivity contribution in [3.8, 4) is 5.75 Å². The minimum atomic E-state index is -0.705. The Morgan fingerprint density at radius 2 is 1.72 bits per heavy atom. The van der Waals surface area contributed by atoms with Crippen LogP contribution in [-0.2, 0) is 14.3 Å². The first-order chi connectivity index (χ1) is 17.4. The fraction of sp³-hybridized carbons (Fsp3) is 0.214. The van der Waals surface area contributed by atoms with Gasteiger partial charge in [0.2, 0.25) is 5.91 Å². The van der Waals surface area contributed by atoms with Gasteiger partial charge >= 0.3 is 5.97 Å². The van der Waals surface area contributed by atoms with Gasteiger partial charge in [0.1, 0.15) is 5.75 Å². The fourth-order valence-electron chi connectivity index (χ4n) is 4.08. The molecular weight excluding hydrogens is 458 g/mol. The second-order valence-corrected chi connectivity index (χ2v) is 8.40. The van der Waals surface area contributed by atoms with Crippen molar-refractivity contribution in [3.05, 3.63) is 95.1 Å². The van der Waals surface area contributed by atoms with Gasteiger partial charge in [-0.1, -0.05) is 54.6 Å². The summed E-state index contributed by atoms with van der Waals surface area (Å²) >= 11 is 0. The SMILES string of the molecule is COc1ccc(C2CC(c3ccccc3)=NN2C(=O)COC(=O)c2cccc(C)c2NC(C)=O)cc1. The first-order valence-electron chi connectivity index (χ1n) is 11.5. The number of hydrogen-bond donors (Lipinski definition) is 1. The maximum Gasteiger partial charge on any atom is 0.340 e. The molecule has 1 atom stereocenters. The molecule has 0 aliphatic carbocycles. The number of nitrogens with one attached hydrogen (secondary N) is 1. The Balaban J connectivity index is 1.55. The number of hydrogen-bond acceptors (Lipinski definition) is 6. The molecule has 0 fully saturated rings. The molecule has 36 heavy (non-hydrogen) atoms. The van der Waals surface area contributed by atoms with Crippen LogP contribution >= 0.6 is 0 Å². The van der Waals surface area contributed by atoms with Crippen molar-refractivity contribution < 1.29 is 23.9 Å². The lowest BCUT2D eigenvalue weighted by Gasteiger charge is -2.22. The summed E-state index contributed by atoms with van der Waals surface area (Å²) in [5, 5.41) is 8.64. The van der Waals surface area contributed by atoms with Crippen molar-refractivity contribution >= 4 is 29.2 Å². The minimum absolute atomic E-state index is 0.180. The highest BCUT2D eigenvalue weighted by molar-refractivity contribution is 6.04. The minimum Gasteiger partial charge on any atom is -0.497 e. The fourth-order valence-corrected chi connectivity index (χ4v) is 4.08. The molecular formula is C28H27N3O5. The number of rotatable bonds is 7. The van der Waals surface area contributed by atoms with Gasteiger partial charge in [-0.25, -0.2) is 9.80 Å². The van der Waals surface area contributed by atoms with E-state index in [2.05, 4.69) is 10.4 Å². The third kappa shape index (κ3) is 5.43. The van der Waals surface area contributed by atoms with Crippen LogP contribution in [0.5, 0.6) is 5.75 Å². The molecule has 0 radical (unpaired) electrons. The monoisotopic (exact) mass is 485 g/mol. The summed E-state index contributed by atoms with van der Waals surface area (Å²) < 4.78 is 10.6. The normalized spacial score (nSPS) is 14.7. The lowest BCUT2D eigenvalue weighted by Crippen LogP contribution is -2.31. The van der Waals surface area contributed by atoms with E-state index in [1.165, 1.54) is 11.9 Å². The number of carbonyl (C=O) groups excluding carboxylic acids is 3. The van der Waals surface area contributed by atoms with Crippen LogP contribution in [0.1, 0.15) is 46.4 Å². The van der Waals surface area contributed by atoms with E-state index in [0.717, 1.165) is 16.8 Å². The topological polar surface area (TPSA) is 97.3 Å². The Hall–Kier alpha value is -4.46. The zero-order valence-electron chi connectivity index (χ0n) is 20.4. The van der Waals surface area contributed by atoms with Crippen LogP contribution in [0, 0.1) is 6.92 Å². The number of nitrogens with zero attached hydrogens (tertiary/aromatic N) is 2. The molecule has 1 aliphatic rings. The Labute approximate surface area is 209 Å². The molecule has 1 unspecified atom stereocenters. The van der Waals surface area contributed by atoms with Gasteiger partial charge < -0.3 is 14.8 Å². The molecule has 2 amide bonds. The number of anilines is 1. The molecule has 3 aromatic rings. The van der Waals surface area contributed by atoms with E-state index in [0.29, 0.717) is 23.4 Å². The average Bonchev–Trinajstić information content (AvgIpc) is 3.34. The predicted octanol–water partition coefficient (Wildman–Crippen LogP) is 4.50. The number of esters is 1. The smallest absolute Gasteiger partial charge is 0.340 e. The third-order valence-electron chi connectivity index (χ3n) is 5.89. The predicted molar refractivity (Wildman–Crippen MR) is 136 cm³/mol. The van der Waals surface area contributed by atoms with Crippen LogP contribution in [0.3, 0.4) is 0 Å². The number of hydrazone groups is 1. The second kappa shape index (κ2) is 10.9. The summed E-state index contributed by atoms with van der Waals surface area (Å²) in [4.78, 5) is 37.7. The van der Waals surface area contributed by atoms with Gasteiger partial charge in [-0.05, 0) is 41.8 Å². The Morgan fingerprint density at radius 3 is 2.39 bits per heavy atom. The quantitative estimate of drug-likeness (QED) is 0.497. The molecule has 8 heteroatoms. The molecule has 8 nitrogen and oxygen atoms in total. The van der Waals surface area contributed by atoms with Crippen LogP contribution in [0.25, 0.3) is 0 Å². The molecule has 184 valence electrons. The summed E-state index contributed by atoms with van der Waals surface area (Å²) in [5.41, 5.74) is 3.83. The maximum absolute atomic E-state index is 13.2. The number of carbonyl (C=O) groups is 3. The number of aryl methyl sites for hydroxylation is 1. The van der Waals surface area contributed by atoms with E-state index >= 15 is 0 Å². The third-order valence-corrected chi connectivity index (χ3v) is 5.89. The van der Waals surface area contributed by atoms with Crippen LogP contribution in [0.2, 0.25) is 0 Å². The number of ether oxygens (including phenoxy) is 2. The number of para-hydroxylation sites is 1. The molecule has 0 saturated carbocycles. The van der Waals surface area contributed by atoms with E-state index in [1.54, 1.807) is 32.2 Å². The summed E-state index contributed by atoms with van der Waals surface area (Å²) in [6.45, 7) is 2.64. The lowest BCUT2D eigenvalue weighted by atomic mass is 9.98. The summed E-state index contributed by atoms with van der Waals surface area (Å²) in [7, 11) is 1.59. The van der Waals surface area contributed by atoms with E-state index in [4.69, 9.17) is 9.47 Å². The van der Waals surface area contributed by atoms with Gasteiger partial charge in [-0.15, -0.1) is 0 Å². The van der Waals surface area contributed by atoms with Crippen molar-refractivity contribution in [1.82, 2.24) is 5.01 Å². The number of amides is 2. The summed E-state index contributed by atoms with van der Waals surface area (Å²) in [6, 6.07) is 21.8. The first kappa shape index (κ1) is 24.7. The zero-order chi connectivity index (χ0) is 25.7. The molecule has 4 rings (SSSR count). The van der Waals surface area contributed by atoms with Crippen LogP contribution < -0.4 is 10.1 Å². The molecule has 0 saturated heterocycles. The lowest BCUT2D eigenvalue weighted by molar-refractivity contribution is -0.136. The van der Waals surface area contributed by atoms with E-state index in [1.807, 2.05) is 54.6 Å². The van der Waals surface area contributed by atoms with Crippen molar-refractivity contribution in [2.24, 2.45) is 5.10 Å². The second-order valence-electron chi connectivity index (χ2n) is 8.40. The van der Waals surface area contributed by atoms with Gasteiger partial charge in [0, 0.05) is 13.3 Å². The van der Waals surface area contributed by atoms with Crippen molar-refractivity contribution in [2.45, 2.75) is 26.3 Å². The van der Waals surface area contributed by atoms with Gasteiger partial charge in [-0.2, -0.15) is 5.10 Å². The first-order valence-corrected chi connectivity index (χ1v) is 11.5. The Bertz CT molecular complexity index is 1300. The van der Waals surface area contributed by atoms with Crippen molar-refractivity contribution in [1.29, 1.82) is 0 Å². The van der Waals surface area contributed by atoms with Gasteiger partial charge in [0.05, 0.1) is 30.1 Å². The largest absolute Gasteiger partial charge is 0.497 e. The average molecular weight is 486 g/mol. The number of methoxy groups -OCH3 is 1. The van der Waals surface area contributed by atoms with E-state index in [9.17, 15) is 14.4 Å². The van der Waals surface area contributed by atoms with Gasteiger partial charge in [-0.3, -0.25) is 9.59 Å². The Kier molecular flexibility index (Phi) is 7.44. The highest BCUT2D eigenvalue weighted by Gasteiger charge is 2.33. The van der Waals surface area contributed by atoms with Crippen LogP contribution in [-0.4, -0.2) is 42.2 Å². The molecule has 1 N–H and O–H groups in total. The van der Waals surface area contributed by atoms with Crippen LogP contribution in [0.15, 0.2) is 77.9 Å². The van der Waals surface area contributed by atoms with E-state index in [-0.39, 0.29) is 17.5 Å². The highest BCUT2D eigenvalue weighted by atomic mass is 16.5. The molecule has 3 aromatic carbocycles. The molecule has 1 heterocycles. The van der Waals surface area contributed by atoms with Crippen molar-refractivity contribution in [2.75, 3.05) is 19.0 Å². The molecule has 0 spiro atoms. The Morgan fingerprint density at radius 1 is 1.00 bits per heavy atom. The molecule has 0 bridgehead atoms. The maximum atomic E-state index is 13.2. The van der Waals surface area contributed by atoms with Gasteiger partial charge in [0.15, 0.2) is 6.61 Å². The van der Waals surface area contributed by atoms with Crippen molar-refractivity contribution in [3.63, 3.8) is 0 Å². The zero-order valence-corrected chi connectivity index (χ0v) is 20.4. The molecule has 1 aliphatic heterocycles. The number of benzene rings is 3. The van der Waals surface area contributed by atoms with Crippen LogP contribution in [0.4, 0.5) is 5.69 Å². The summed E-state index contributed by atoms with van der Waals surface area (Å²) in [6.07, 6.45) is 0.514. The highest BCUT2D eigenvalue weighted by Crippen LogP contribution is 2.33. The van der Waals surface area contributed by atoms with E-state index < -0.39 is 18.5 Å².